The average Bonchev–Trinajstić information content (AvgIpc) is 3.10. The molecule has 1 saturated heterocycles. The number of methoxy groups -OCH3 is 1. The van der Waals surface area contributed by atoms with Gasteiger partial charge in [0.15, 0.2) is 11.5 Å². The smallest absolute Gasteiger partial charge is 0.248 e. The Labute approximate surface area is 194 Å². The van der Waals surface area contributed by atoms with Crippen LogP contribution in [0.15, 0.2) is 42.5 Å². The Kier molecular flexibility index (Phi) is 7.69. The first-order valence-corrected chi connectivity index (χ1v) is 12.3. The van der Waals surface area contributed by atoms with Crippen molar-refractivity contribution >= 4 is 45.0 Å². The van der Waals surface area contributed by atoms with E-state index >= 15 is 0 Å². The molecule has 172 valence electrons. The van der Waals surface area contributed by atoms with E-state index in [0.29, 0.717) is 59.0 Å². The largest absolute Gasteiger partial charge is 0.493 e. The van der Waals surface area contributed by atoms with Crippen molar-refractivity contribution in [3.8, 4) is 11.5 Å². The van der Waals surface area contributed by atoms with Gasteiger partial charge >= 0.3 is 0 Å². The second kappa shape index (κ2) is 10.3. The van der Waals surface area contributed by atoms with Gasteiger partial charge in [0, 0.05) is 18.3 Å². The first-order valence-electron chi connectivity index (χ1n) is 10.3. The standard InChI is InChI=1S/C23H27ClN2O5S/c1-16(2)15-31-23-20(24)13-17(14-21(23)30-3)5-10-22(27)25-18-6-8-19(9-7-18)26-11-4-12-32(26,28)29/h5-10,13-14,16H,4,11-12,15H2,1-3H3,(H,25,27)/b10-5+. The third kappa shape index (κ3) is 5.95. The molecule has 1 N–H and O–H groups in total. The molecule has 32 heavy (non-hydrogen) atoms. The molecule has 9 heteroatoms. The van der Waals surface area contributed by atoms with Crippen LogP contribution in [0.5, 0.6) is 11.5 Å². The molecule has 0 unspecified atom stereocenters. The van der Waals surface area contributed by atoms with E-state index in [1.165, 1.54) is 17.5 Å². The van der Waals surface area contributed by atoms with Gasteiger partial charge in [-0.3, -0.25) is 9.10 Å². The van der Waals surface area contributed by atoms with Gasteiger partial charge in [0.1, 0.15) is 0 Å². The molecule has 2 aromatic carbocycles. The number of hydrogen-bond donors (Lipinski definition) is 1. The molecular weight excluding hydrogens is 452 g/mol. The molecule has 1 heterocycles. The van der Waals surface area contributed by atoms with E-state index in [0.717, 1.165) is 0 Å². The lowest BCUT2D eigenvalue weighted by molar-refractivity contribution is -0.111. The Morgan fingerprint density at radius 2 is 1.97 bits per heavy atom. The molecule has 1 fully saturated rings. The van der Waals surface area contributed by atoms with Crippen molar-refractivity contribution in [1.82, 2.24) is 0 Å². The van der Waals surface area contributed by atoms with E-state index in [-0.39, 0.29) is 11.7 Å². The normalized spacial score (nSPS) is 15.3. The van der Waals surface area contributed by atoms with E-state index < -0.39 is 10.0 Å². The van der Waals surface area contributed by atoms with Gasteiger partial charge in [-0.2, -0.15) is 0 Å². The number of carbonyl (C=O) groups is 1. The molecule has 1 amide bonds. The number of rotatable bonds is 8. The number of ether oxygens (including phenoxy) is 2. The van der Waals surface area contributed by atoms with Gasteiger partial charge in [-0.25, -0.2) is 8.42 Å². The Balaban J connectivity index is 1.65. The van der Waals surface area contributed by atoms with Crippen LogP contribution in [0.3, 0.4) is 0 Å². The highest BCUT2D eigenvalue weighted by atomic mass is 35.5. The van der Waals surface area contributed by atoms with Gasteiger partial charge in [-0.1, -0.05) is 25.4 Å². The molecule has 0 saturated carbocycles. The molecule has 0 aromatic heterocycles. The fourth-order valence-electron chi connectivity index (χ4n) is 3.22. The van der Waals surface area contributed by atoms with Crippen LogP contribution in [0.1, 0.15) is 25.8 Å². The number of nitrogens with zero attached hydrogens (tertiary/aromatic N) is 1. The average molecular weight is 479 g/mol. The van der Waals surface area contributed by atoms with Crippen LogP contribution in [0.2, 0.25) is 5.02 Å². The molecule has 3 rings (SSSR count). The van der Waals surface area contributed by atoms with Crippen molar-refractivity contribution in [2.75, 3.05) is 35.6 Å². The zero-order valence-electron chi connectivity index (χ0n) is 18.3. The van der Waals surface area contributed by atoms with E-state index in [9.17, 15) is 13.2 Å². The second-order valence-corrected chi connectivity index (χ2v) is 10.3. The second-order valence-electron chi connectivity index (χ2n) is 7.85. The van der Waals surface area contributed by atoms with Gasteiger partial charge in [0.2, 0.25) is 15.9 Å². The lowest BCUT2D eigenvalue weighted by Gasteiger charge is -2.17. The summed E-state index contributed by atoms with van der Waals surface area (Å²) in [5.74, 6) is 1.14. The molecule has 0 bridgehead atoms. The van der Waals surface area contributed by atoms with E-state index in [1.807, 2.05) is 13.8 Å². The first-order chi connectivity index (χ1) is 15.2. The van der Waals surface area contributed by atoms with Crippen molar-refractivity contribution in [3.05, 3.63) is 53.1 Å². The number of amides is 1. The summed E-state index contributed by atoms with van der Waals surface area (Å²) in [6.07, 6.45) is 3.63. The quantitative estimate of drug-likeness (QED) is 0.561. The zero-order valence-corrected chi connectivity index (χ0v) is 19.9. The fraction of sp³-hybridized carbons (Fsp3) is 0.348. The fourth-order valence-corrected chi connectivity index (χ4v) is 5.06. The summed E-state index contributed by atoms with van der Waals surface area (Å²) in [5.41, 5.74) is 1.85. The first kappa shape index (κ1) is 23.9. The third-order valence-electron chi connectivity index (χ3n) is 4.76. The van der Waals surface area contributed by atoms with E-state index in [1.54, 1.807) is 42.5 Å². The Morgan fingerprint density at radius 1 is 1.25 bits per heavy atom. The minimum Gasteiger partial charge on any atom is -0.493 e. The number of anilines is 2. The maximum Gasteiger partial charge on any atom is 0.248 e. The number of sulfonamides is 1. The van der Waals surface area contributed by atoms with Crippen LogP contribution >= 0.6 is 11.6 Å². The van der Waals surface area contributed by atoms with Gasteiger partial charge in [0.05, 0.1) is 30.2 Å². The maximum atomic E-state index is 12.3. The number of halogens is 1. The van der Waals surface area contributed by atoms with Crippen molar-refractivity contribution in [2.24, 2.45) is 5.92 Å². The number of carbonyl (C=O) groups excluding carboxylic acids is 1. The Hall–Kier alpha value is -2.71. The molecular formula is C23H27ClN2O5S. The highest BCUT2D eigenvalue weighted by Crippen LogP contribution is 2.37. The SMILES string of the molecule is COc1cc(/C=C/C(=O)Nc2ccc(N3CCCS3(=O)=O)cc2)cc(Cl)c1OCC(C)C. The van der Waals surface area contributed by atoms with Crippen molar-refractivity contribution in [2.45, 2.75) is 20.3 Å². The molecule has 1 aliphatic heterocycles. The Bertz CT molecular complexity index is 1100. The molecule has 0 aliphatic carbocycles. The van der Waals surface area contributed by atoms with Gasteiger partial charge in [-0.15, -0.1) is 0 Å². The number of hydrogen-bond acceptors (Lipinski definition) is 5. The molecule has 2 aromatic rings. The van der Waals surface area contributed by atoms with Crippen LogP contribution in [0.4, 0.5) is 11.4 Å². The van der Waals surface area contributed by atoms with Gasteiger partial charge in [-0.05, 0) is 60.4 Å². The van der Waals surface area contributed by atoms with Gasteiger partial charge in [0.25, 0.3) is 0 Å². The van der Waals surface area contributed by atoms with Crippen LogP contribution in [0.25, 0.3) is 6.08 Å². The van der Waals surface area contributed by atoms with Crippen LogP contribution in [-0.4, -0.2) is 40.3 Å². The predicted molar refractivity (Wildman–Crippen MR) is 128 cm³/mol. The van der Waals surface area contributed by atoms with Crippen molar-refractivity contribution in [3.63, 3.8) is 0 Å². The summed E-state index contributed by atoms with van der Waals surface area (Å²) in [5, 5.41) is 3.16. The minimum atomic E-state index is -3.23. The van der Waals surface area contributed by atoms with Crippen LogP contribution in [-0.2, 0) is 14.8 Å². The van der Waals surface area contributed by atoms with Crippen molar-refractivity contribution in [1.29, 1.82) is 0 Å². The van der Waals surface area contributed by atoms with Crippen LogP contribution in [0, 0.1) is 5.92 Å². The van der Waals surface area contributed by atoms with Crippen LogP contribution < -0.4 is 19.1 Å². The lowest BCUT2D eigenvalue weighted by Crippen LogP contribution is -2.24. The summed E-state index contributed by atoms with van der Waals surface area (Å²) in [7, 11) is -1.70. The zero-order chi connectivity index (χ0) is 23.3. The summed E-state index contributed by atoms with van der Waals surface area (Å²) in [6, 6.07) is 10.2. The molecule has 0 radical (unpaired) electrons. The summed E-state index contributed by atoms with van der Waals surface area (Å²) >= 11 is 6.34. The minimum absolute atomic E-state index is 0.163. The molecule has 0 spiro atoms. The highest BCUT2D eigenvalue weighted by Gasteiger charge is 2.28. The molecule has 7 nitrogen and oxygen atoms in total. The molecule has 1 aliphatic rings. The predicted octanol–water partition coefficient (Wildman–Crippen LogP) is 4.58. The maximum absolute atomic E-state index is 12.3. The number of benzene rings is 2. The van der Waals surface area contributed by atoms with E-state index in [4.69, 9.17) is 21.1 Å². The Morgan fingerprint density at radius 3 is 2.56 bits per heavy atom. The summed E-state index contributed by atoms with van der Waals surface area (Å²) in [4.78, 5) is 12.3. The lowest BCUT2D eigenvalue weighted by atomic mass is 10.1. The topological polar surface area (TPSA) is 84.9 Å². The van der Waals surface area contributed by atoms with Gasteiger partial charge < -0.3 is 14.8 Å². The highest BCUT2D eigenvalue weighted by molar-refractivity contribution is 7.93. The van der Waals surface area contributed by atoms with Crippen molar-refractivity contribution < 1.29 is 22.7 Å². The monoisotopic (exact) mass is 478 g/mol. The van der Waals surface area contributed by atoms with E-state index in [2.05, 4.69) is 5.32 Å². The third-order valence-corrected chi connectivity index (χ3v) is 6.91. The summed E-state index contributed by atoms with van der Waals surface area (Å²) < 4.78 is 36.6. The summed E-state index contributed by atoms with van der Waals surface area (Å²) in [6.45, 7) is 5.07. The number of nitrogens with one attached hydrogen (secondary N) is 1. The molecule has 0 atom stereocenters.